The highest BCUT2D eigenvalue weighted by Crippen LogP contribution is 2.25. The van der Waals surface area contributed by atoms with Crippen molar-refractivity contribution < 1.29 is 9.90 Å². The molecular weight excluding hydrogens is 316 g/mol. The number of urea groups is 1. The smallest absolute Gasteiger partial charge is 0.317 e. The molecule has 1 fully saturated rings. The quantitative estimate of drug-likeness (QED) is 0.844. The van der Waals surface area contributed by atoms with Crippen molar-refractivity contribution in [2.45, 2.75) is 31.7 Å². The van der Waals surface area contributed by atoms with Crippen LogP contribution in [0, 0.1) is 0 Å². The number of aromatic nitrogens is 2. The lowest BCUT2D eigenvalue weighted by molar-refractivity contribution is 0.179. The summed E-state index contributed by atoms with van der Waals surface area (Å²) in [5.74, 6) is 0.272. The average molecular weight is 342 g/mol. The Morgan fingerprint density at radius 2 is 2.12 bits per heavy atom. The van der Waals surface area contributed by atoms with E-state index in [9.17, 15) is 4.79 Å². The van der Waals surface area contributed by atoms with Gasteiger partial charge in [0.05, 0.1) is 18.8 Å². The van der Waals surface area contributed by atoms with Gasteiger partial charge in [0.2, 0.25) is 0 Å². The number of benzene rings is 1. The number of aliphatic hydroxyl groups excluding tert-OH is 1. The molecule has 1 saturated heterocycles. The summed E-state index contributed by atoms with van der Waals surface area (Å²) >= 11 is 0. The Kier molecular flexibility index (Phi) is 6.06. The minimum absolute atomic E-state index is 0.00965. The Morgan fingerprint density at radius 3 is 2.92 bits per heavy atom. The van der Waals surface area contributed by atoms with Gasteiger partial charge in [0.25, 0.3) is 0 Å². The van der Waals surface area contributed by atoms with Crippen LogP contribution >= 0.6 is 0 Å². The summed E-state index contributed by atoms with van der Waals surface area (Å²) in [5, 5.41) is 16.5. The lowest BCUT2D eigenvalue weighted by Crippen LogP contribution is -2.45. The number of nitrogens with one attached hydrogen (secondary N) is 1. The summed E-state index contributed by atoms with van der Waals surface area (Å²) in [6.45, 7) is 2.74. The Bertz CT molecular complexity index is 671. The Balaban J connectivity index is 1.49. The number of hydrogen-bond acceptors (Lipinski definition) is 3. The molecule has 6 heteroatoms. The second-order valence-electron chi connectivity index (χ2n) is 6.48. The number of nitrogens with zero attached hydrogens (tertiary/aromatic N) is 3. The number of aliphatic hydroxyl groups is 1. The highest BCUT2D eigenvalue weighted by atomic mass is 16.3. The van der Waals surface area contributed by atoms with Crippen LogP contribution in [0.4, 0.5) is 4.79 Å². The molecule has 0 unspecified atom stereocenters. The van der Waals surface area contributed by atoms with Gasteiger partial charge in [-0.25, -0.2) is 4.79 Å². The van der Waals surface area contributed by atoms with Crippen LogP contribution in [0.5, 0.6) is 0 Å². The van der Waals surface area contributed by atoms with Crippen molar-refractivity contribution in [1.82, 2.24) is 20.0 Å². The van der Waals surface area contributed by atoms with E-state index in [4.69, 9.17) is 5.11 Å². The molecule has 0 saturated carbocycles. The molecule has 1 aromatic carbocycles. The lowest BCUT2D eigenvalue weighted by Gasteiger charge is -2.32. The molecular formula is C19H26N4O2. The van der Waals surface area contributed by atoms with E-state index in [1.807, 2.05) is 35.4 Å². The molecule has 25 heavy (non-hydrogen) atoms. The monoisotopic (exact) mass is 342 g/mol. The van der Waals surface area contributed by atoms with Gasteiger partial charge in [-0.3, -0.25) is 4.68 Å². The summed E-state index contributed by atoms with van der Waals surface area (Å²) in [5.41, 5.74) is 2.24. The van der Waals surface area contributed by atoms with E-state index < -0.39 is 0 Å². The Labute approximate surface area is 148 Å². The maximum absolute atomic E-state index is 12.4. The van der Waals surface area contributed by atoms with Crippen LogP contribution < -0.4 is 5.32 Å². The lowest BCUT2D eigenvalue weighted by atomic mass is 9.95. The number of rotatable bonds is 6. The molecule has 1 aliphatic heterocycles. The molecule has 0 aliphatic carbocycles. The summed E-state index contributed by atoms with van der Waals surface area (Å²) in [6.07, 6.45) is 4.77. The molecule has 0 bridgehead atoms. The van der Waals surface area contributed by atoms with E-state index >= 15 is 0 Å². The topological polar surface area (TPSA) is 70.4 Å². The molecule has 1 aromatic heterocycles. The fourth-order valence-corrected chi connectivity index (χ4v) is 3.30. The van der Waals surface area contributed by atoms with Crippen LogP contribution in [0.15, 0.2) is 42.6 Å². The minimum atomic E-state index is 0.00965. The van der Waals surface area contributed by atoms with Crippen molar-refractivity contribution in [3.05, 3.63) is 53.9 Å². The predicted octanol–water partition coefficient (Wildman–Crippen LogP) is 2.01. The molecule has 2 N–H and O–H groups in total. The highest BCUT2D eigenvalue weighted by Gasteiger charge is 2.26. The third kappa shape index (κ3) is 4.82. The van der Waals surface area contributed by atoms with E-state index in [1.165, 1.54) is 5.56 Å². The van der Waals surface area contributed by atoms with E-state index in [1.54, 1.807) is 4.68 Å². The largest absolute Gasteiger partial charge is 0.394 e. The van der Waals surface area contributed by atoms with E-state index in [2.05, 4.69) is 22.5 Å². The predicted molar refractivity (Wildman–Crippen MR) is 96.4 cm³/mol. The first-order valence-electron chi connectivity index (χ1n) is 8.97. The van der Waals surface area contributed by atoms with Gasteiger partial charge in [0.1, 0.15) is 0 Å². The second kappa shape index (κ2) is 8.67. The molecule has 2 amide bonds. The first-order chi connectivity index (χ1) is 12.3. The fourth-order valence-electron chi connectivity index (χ4n) is 3.30. The molecule has 2 aromatic rings. The van der Waals surface area contributed by atoms with Gasteiger partial charge in [-0.15, -0.1) is 0 Å². The fraction of sp³-hybridized carbons (Fsp3) is 0.474. The standard InChI is InChI=1S/C19H26N4O2/c24-14-13-23-12-9-18(21-23)17-7-4-11-22(15-17)19(25)20-10-8-16-5-2-1-3-6-16/h1-3,5-6,9,12,17,24H,4,7-8,10-11,13-15H2,(H,20,25)/t17-/m1/s1. The molecule has 134 valence electrons. The molecule has 3 rings (SSSR count). The number of carbonyl (C=O) groups excluding carboxylic acids is 1. The zero-order valence-electron chi connectivity index (χ0n) is 14.5. The van der Waals surface area contributed by atoms with Crippen LogP contribution in [0.25, 0.3) is 0 Å². The van der Waals surface area contributed by atoms with Crippen molar-refractivity contribution in [2.75, 3.05) is 26.2 Å². The number of amides is 2. The van der Waals surface area contributed by atoms with Gasteiger partial charge < -0.3 is 15.3 Å². The zero-order valence-corrected chi connectivity index (χ0v) is 14.5. The number of carbonyl (C=O) groups is 1. The average Bonchev–Trinajstić information content (AvgIpc) is 3.12. The van der Waals surface area contributed by atoms with Gasteiger partial charge in [-0.2, -0.15) is 5.10 Å². The molecule has 2 heterocycles. The summed E-state index contributed by atoms with van der Waals surface area (Å²) < 4.78 is 1.76. The second-order valence-corrected chi connectivity index (χ2v) is 6.48. The number of piperidine rings is 1. The third-order valence-electron chi connectivity index (χ3n) is 4.65. The van der Waals surface area contributed by atoms with Crippen molar-refractivity contribution in [3.63, 3.8) is 0 Å². The van der Waals surface area contributed by atoms with Crippen molar-refractivity contribution in [3.8, 4) is 0 Å². The van der Waals surface area contributed by atoms with Gasteiger partial charge in [0.15, 0.2) is 0 Å². The molecule has 0 spiro atoms. The van der Waals surface area contributed by atoms with Gasteiger partial charge in [-0.1, -0.05) is 30.3 Å². The van der Waals surface area contributed by atoms with Crippen LogP contribution in [-0.4, -0.2) is 52.1 Å². The Morgan fingerprint density at radius 1 is 1.28 bits per heavy atom. The first-order valence-corrected chi connectivity index (χ1v) is 8.97. The summed E-state index contributed by atoms with van der Waals surface area (Å²) in [7, 11) is 0. The van der Waals surface area contributed by atoms with Crippen molar-refractivity contribution >= 4 is 6.03 Å². The summed E-state index contributed by atoms with van der Waals surface area (Å²) in [6, 6.07) is 12.2. The van der Waals surface area contributed by atoms with E-state index in [-0.39, 0.29) is 18.6 Å². The van der Waals surface area contributed by atoms with Crippen LogP contribution in [0.2, 0.25) is 0 Å². The highest BCUT2D eigenvalue weighted by molar-refractivity contribution is 5.74. The van der Waals surface area contributed by atoms with Crippen LogP contribution in [-0.2, 0) is 13.0 Å². The van der Waals surface area contributed by atoms with Crippen molar-refractivity contribution in [1.29, 1.82) is 0 Å². The van der Waals surface area contributed by atoms with Gasteiger partial charge in [-0.05, 0) is 30.9 Å². The van der Waals surface area contributed by atoms with Crippen molar-refractivity contribution in [2.24, 2.45) is 0 Å². The summed E-state index contributed by atoms with van der Waals surface area (Å²) in [4.78, 5) is 14.3. The van der Waals surface area contributed by atoms with Gasteiger partial charge in [0, 0.05) is 31.7 Å². The molecule has 1 aliphatic rings. The van der Waals surface area contributed by atoms with E-state index in [0.29, 0.717) is 19.6 Å². The van der Waals surface area contributed by atoms with Crippen LogP contribution in [0.3, 0.4) is 0 Å². The Hall–Kier alpha value is -2.34. The first kappa shape index (κ1) is 17.5. The molecule has 6 nitrogen and oxygen atoms in total. The normalized spacial score (nSPS) is 17.5. The van der Waals surface area contributed by atoms with E-state index in [0.717, 1.165) is 31.5 Å². The minimum Gasteiger partial charge on any atom is -0.394 e. The van der Waals surface area contributed by atoms with Gasteiger partial charge >= 0.3 is 6.03 Å². The number of likely N-dealkylation sites (tertiary alicyclic amines) is 1. The number of hydrogen-bond donors (Lipinski definition) is 2. The maximum atomic E-state index is 12.4. The van der Waals surface area contributed by atoms with Crippen LogP contribution in [0.1, 0.15) is 30.0 Å². The zero-order chi connectivity index (χ0) is 17.5. The molecule has 1 atom stereocenters. The molecule has 0 radical (unpaired) electrons. The maximum Gasteiger partial charge on any atom is 0.317 e. The third-order valence-corrected chi connectivity index (χ3v) is 4.65. The SMILES string of the molecule is O=C(NCCc1ccccc1)N1CCC[C@@H](c2ccn(CCO)n2)C1.